The number of rotatable bonds is 7. The summed E-state index contributed by atoms with van der Waals surface area (Å²) in [6.45, 7) is 7.56. The maximum atomic E-state index is 13.5. The molecule has 0 aliphatic rings. The lowest BCUT2D eigenvalue weighted by molar-refractivity contribution is 0.530. The zero-order valence-electron chi connectivity index (χ0n) is 10.4. The minimum Gasteiger partial charge on any atom is -0.315 e. The summed E-state index contributed by atoms with van der Waals surface area (Å²) in [6.07, 6.45) is 0. The molecule has 2 N–H and O–H groups in total. The monoisotopic (exact) mass is 258 g/mol. The molecule has 0 aliphatic carbocycles. The van der Waals surface area contributed by atoms with Crippen molar-refractivity contribution < 1.29 is 4.39 Å². The zero-order valence-corrected chi connectivity index (χ0v) is 11.1. The normalized spacial score (nSPS) is 11.1. The van der Waals surface area contributed by atoms with E-state index in [9.17, 15) is 4.39 Å². The van der Waals surface area contributed by atoms with Crippen molar-refractivity contribution in [2.75, 3.05) is 19.6 Å². The van der Waals surface area contributed by atoms with Crippen LogP contribution in [-0.4, -0.2) is 19.6 Å². The Morgan fingerprint density at radius 1 is 1.24 bits per heavy atom. The molecule has 0 bridgehead atoms. The van der Waals surface area contributed by atoms with E-state index in [0.717, 1.165) is 19.6 Å². The van der Waals surface area contributed by atoms with Gasteiger partial charge in [0.05, 0.1) is 5.02 Å². The third kappa shape index (κ3) is 5.48. The van der Waals surface area contributed by atoms with Crippen LogP contribution in [0.25, 0.3) is 0 Å². The fourth-order valence-corrected chi connectivity index (χ4v) is 1.67. The molecule has 0 fully saturated rings. The standard InChI is InChI=1S/C13H20ClFN2/c1-10(2)8-16-6-7-17-9-11-4-3-5-12(14)13(11)15/h3-5,10,16-17H,6-9H2,1-2H3. The van der Waals surface area contributed by atoms with Gasteiger partial charge >= 0.3 is 0 Å². The predicted octanol–water partition coefficient (Wildman–Crippen LogP) is 2.81. The van der Waals surface area contributed by atoms with Gasteiger partial charge < -0.3 is 10.6 Å². The molecule has 4 heteroatoms. The summed E-state index contributed by atoms with van der Waals surface area (Å²) in [5.74, 6) is 0.331. The highest BCUT2D eigenvalue weighted by atomic mass is 35.5. The van der Waals surface area contributed by atoms with E-state index >= 15 is 0 Å². The van der Waals surface area contributed by atoms with E-state index in [1.54, 1.807) is 18.2 Å². The molecule has 0 atom stereocenters. The molecule has 1 rings (SSSR count). The molecule has 2 nitrogen and oxygen atoms in total. The van der Waals surface area contributed by atoms with Crippen LogP contribution in [0.1, 0.15) is 19.4 Å². The van der Waals surface area contributed by atoms with Gasteiger partial charge in [0, 0.05) is 25.2 Å². The van der Waals surface area contributed by atoms with Crippen LogP contribution in [0.4, 0.5) is 4.39 Å². The summed E-state index contributed by atoms with van der Waals surface area (Å²) < 4.78 is 13.5. The molecule has 0 saturated heterocycles. The van der Waals surface area contributed by atoms with E-state index in [1.165, 1.54) is 0 Å². The smallest absolute Gasteiger partial charge is 0.146 e. The molecule has 1 aromatic rings. The van der Waals surface area contributed by atoms with E-state index in [0.29, 0.717) is 18.0 Å². The highest BCUT2D eigenvalue weighted by molar-refractivity contribution is 6.30. The highest BCUT2D eigenvalue weighted by Gasteiger charge is 2.04. The Hall–Kier alpha value is -0.640. The van der Waals surface area contributed by atoms with E-state index in [1.807, 2.05) is 0 Å². The third-order valence-electron chi connectivity index (χ3n) is 2.38. The highest BCUT2D eigenvalue weighted by Crippen LogP contribution is 2.17. The molecule has 17 heavy (non-hydrogen) atoms. The first-order valence-corrected chi connectivity index (χ1v) is 6.33. The van der Waals surface area contributed by atoms with Gasteiger partial charge in [0.15, 0.2) is 0 Å². The van der Waals surface area contributed by atoms with Crippen LogP contribution in [0, 0.1) is 11.7 Å². The molecule has 0 heterocycles. The second-order valence-electron chi connectivity index (χ2n) is 4.49. The first-order valence-electron chi connectivity index (χ1n) is 5.95. The lowest BCUT2D eigenvalue weighted by Gasteiger charge is -2.09. The summed E-state index contributed by atoms with van der Waals surface area (Å²) in [5.41, 5.74) is 0.612. The van der Waals surface area contributed by atoms with Gasteiger partial charge in [0.2, 0.25) is 0 Å². The van der Waals surface area contributed by atoms with Crippen LogP contribution in [0.15, 0.2) is 18.2 Å². The first-order chi connectivity index (χ1) is 8.11. The maximum absolute atomic E-state index is 13.5. The molecule has 0 unspecified atom stereocenters. The molecular formula is C13H20ClFN2. The van der Waals surface area contributed by atoms with Crippen LogP contribution < -0.4 is 10.6 Å². The van der Waals surface area contributed by atoms with Crippen molar-refractivity contribution in [2.45, 2.75) is 20.4 Å². The van der Waals surface area contributed by atoms with Gasteiger partial charge in [-0.15, -0.1) is 0 Å². The Balaban J connectivity index is 2.20. The van der Waals surface area contributed by atoms with Crippen molar-refractivity contribution >= 4 is 11.6 Å². The average molecular weight is 259 g/mol. The molecule has 0 spiro atoms. The molecular weight excluding hydrogens is 239 g/mol. The number of hydrogen-bond acceptors (Lipinski definition) is 2. The van der Waals surface area contributed by atoms with E-state index in [4.69, 9.17) is 11.6 Å². The van der Waals surface area contributed by atoms with E-state index in [2.05, 4.69) is 24.5 Å². The van der Waals surface area contributed by atoms with Crippen molar-refractivity contribution in [3.8, 4) is 0 Å². The summed E-state index contributed by atoms with van der Waals surface area (Å²) in [5, 5.41) is 6.68. The van der Waals surface area contributed by atoms with E-state index < -0.39 is 0 Å². The molecule has 0 aromatic heterocycles. The number of halogens is 2. The summed E-state index contributed by atoms with van der Waals surface area (Å²) in [4.78, 5) is 0. The van der Waals surface area contributed by atoms with Crippen LogP contribution >= 0.6 is 11.6 Å². The number of nitrogens with one attached hydrogen (secondary N) is 2. The van der Waals surface area contributed by atoms with Gasteiger partial charge in [-0.2, -0.15) is 0 Å². The van der Waals surface area contributed by atoms with Crippen molar-refractivity contribution in [1.29, 1.82) is 0 Å². The SMILES string of the molecule is CC(C)CNCCNCc1cccc(Cl)c1F. The van der Waals surface area contributed by atoms with Gasteiger partial charge in [-0.25, -0.2) is 4.39 Å². The van der Waals surface area contributed by atoms with Gasteiger partial charge in [0.25, 0.3) is 0 Å². The van der Waals surface area contributed by atoms with Crippen LogP contribution in [0.2, 0.25) is 5.02 Å². The van der Waals surface area contributed by atoms with E-state index in [-0.39, 0.29) is 10.8 Å². The Morgan fingerprint density at radius 2 is 1.94 bits per heavy atom. The lowest BCUT2D eigenvalue weighted by Crippen LogP contribution is -2.29. The predicted molar refractivity (Wildman–Crippen MR) is 70.8 cm³/mol. The van der Waals surface area contributed by atoms with Crippen LogP contribution in [-0.2, 0) is 6.54 Å². The van der Waals surface area contributed by atoms with Crippen molar-refractivity contribution in [3.63, 3.8) is 0 Å². The fraction of sp³-hybridized carbons (Fsp3) is 0.538. The Morgan fingerprint density at radius 3 is 2.65 bits per heavy atom. The van der Waals surface area contributed by atoms with Gasteiger partial charge in [-0.3, -0.25) is 0 Å². The Labute approximate surface area is 108 Å². The van der Waals surface area contributed by atoms with Crippen LogP contribution in [0.5, 0.6) is 0 Å². The lowest BCUT2D eigenvalue weighted by atomic mass is 10.2. The molecule has 0 saturated carbocycles. The van der Waals surface area contributed by atoms with Gasteiger partial charge in [0.1, 0.15) is 5.82 Å². The molecule has 0 radical (unpaired) electrons. The van der Waals surface area contributed by atoms with Crippen LogP contribution in [0.3, 0.4) is 0 Å². The van der Waals surface area contributed by atoms with Crippen molar-refractivity contribution in [3.05, 3.63) is 34.6 Å². The average Bonchev–Trinajstić information content (AvgIpc) is 2.28. The molecule has 1 aromatic carbocycles. The minimum atomic E-state index is -0.322. The first kappa shape index (κ1) is 14.4. The quantitative estimate of drug-likeness (QED) is 0.735. The summed E-state index contributed by atoms with van der Waals surface area (Å²) in [7, 11) is 0. The summed E-state index contributed by atoms with van der Waals surface area (Å²) in [6, 6.07) is 5.07. The minimum absolute atomic E-state index is 0.183. The summed E-state index contributed by atoms with van der Waals surface area (Å²) >= 11 is 5.70. The Bertz CT molecular complexity index is 342. The largest absolute Gasteiger partial charge is 0.315 e. The second-order valence-corrected chi connectivity index (χ2v) is 4.89. The maximum Gasteiger partial charge on any atom is 0.146 e. The molecule has 96 valence electrons. The van der Waals surface area contributed by atoms with Gasteiger partial charge in [-0.1, -0.05) is 37.6 Å². The Kier molecular flexibility index (Phi) is 6.48. The fourth-order valence-electron chi connectivity index (χ4n) is 1.48. The topological polar surface area (TPSA) is 24.1 Å². The molecule has 0 aliphatic heterocycles. The van der Waals surface area contributed by atoms with Crippen molar-refractivity contribution in [2.24, 2.45) is 5.92 Å². The van der Waals surface area contributed by atoms with Crippen molar-refractivity contribution in [1.82, 2.24) is 10.6 Å². The molecule has 0 amide bonds. The zero-order chi connectivity index (χ0) is 12.7. The third-order valence-corrected chi connectivity index (χ3v) is 2.67. The second kappa shape index (κ2) is 7.64. The number of hydrogen-bond donors (Lipinski definition) is 2. The van der Waals surface area contributed by atoms with Gasteiger partial charge in [-0.05, 0) is 18.5 Å². The number of benzene rings is 1.